The molecule has 7 heteroatoms. The molecule has 0 radical (unpaired) electrons. The summed E-state index contributed by atoms with van der Waals surface area (Å²) in [4.78, 5) is 29.0. The predicted octanol–water partition coefficient (Wildman–Crippen LogP) is -0.0476. The first-order valence-electron chi connectivity index (χ1n) is 5.79. The second-order valence-corrected chi connectivity index (χ2v) is 5.26. The van der Waals surface area contributed by atoms with E-state index in [1.54, 1.807) is 17.3 Å². The van der Waals surface area contributed by atoms with Gasteiger partial charge in [-0.3, -0.25) is 9.59 Å². The SMILES string of the molecule is CN1CC(NC(=O)c2csc(CN)n2)CCC1=O. The Morgan fingerprint density at radius 1 is 1.72 bits per heavy atom. The van der Waals surface area contributed by atoms with Crippen LogP contribution in [0.25, 0.3) is 0 Å². The maximum Gasteiger partial charge on any atom is 0.271 e. The molecule has 1 aliphatic rings. The van der Waals surface area contributed by atoms with Crippen LogP contribution in [0.3, 0.4) is 0 Å². The Morgan fingerprint density at radius 2 is 2.50 bits per heavy atom. The van der Waals surface area contributed by atoms with Crippen LogP contribution in [0.2, 0.25) is 0 Å². The quantitative estimate of drug-likeness (QED) is 0.804. The van der Waals surface area contributed by atoms with Gasteiger partial charge in [0.25, 0.3) is 5.91 Å². The largest absolute Gasteiger partial charge is 0.346 e. The number of rotatable bonds is 3. The van der Waals surface area contributed by atoms with Gasteiger partial charge in [0.1, 0.15) is 10.7 Å². The van der Waals surface area contributed by atoms with E-state index >= 15 is 0 Å². The van der Waals surface area contributed by atoms with Gasteiger partial charge in [-0.1, -0.05) is 0 Å². The van der Waals surface area contributed by atoms with Gasteiger partial charge < -0.3 is 16.0 Å². The number of thiazole rings is 1. The molecule has 18 heavy (non-hydrogen) atoms. The Kier molecular flexibility index (Phi) is 3.93. The monoisotopic (exact) mass is 268 g/mol. The van der Waals surface area contributed by atoms with Gasteiger partial charge in [0, 0.05) is 38.0 Å². The Labute approximate surface area is 109 Å². The zero-order chi connectivity index (χ0) is 13.1. The molecule has 2 heterocycles. The number of hydrogen-bond donors (Lipinski definition) is 2. The molecular formula is C11H16N4O2S. The van der Waals surface area contributed by atoms with Crippen molar-refractivity contribution in [3.05, 3.63) is 16.1 Å². The minimum Gasteiger partial charge on any atom is -0.346 e. The number of likely N-dealkylation sites (N-methyl/N-ethyl adjacent to an activating group) is 1. The molecule has 3 N–H and O–H groups in total. The molecule has 0 aliphatic carbocycles. The van der Waals surface area contributed by atoms with Gasteiger partial charge in [-0.15, -0.1) is 11.3 Å². The van der Waals surface area contributed by atoms with E-state index in [2.05, 4.69) is 10.3 Å². The molecule has 1 aliphatic heterocycles. The molecule has 6 nitrogen and oxygen atoms in total. The fraction of sp³-hybridized carbons (Fsp3) is 0.545. The number of likely N-dealkylation sites (tertiary alicyclic amines) is 1. The second-order valence-electron chi connectivity index (χ2n) is 4.31. The van der Waals surface area contributed by atoms with E-state index in [-0.39, 0.29) is 17.9 Å². The van der Waals surface area contributed by atoms with Crippen molar-refractivity contribution in [3.8, 4) is 0 Å². The molecule has 0 bridgehead atoms. The number of amides is 2. The molecule has 0 saturated carbocycles. The average molecular weight is 268 g/mol. The highest BCUT2D eigenvalue weighted by Gasteiger charge is 2.24. The van der Waals surface area contributed by atoms with Crippen molar-refractivity contribution in [2.24, 2.45) is 5.73 Å². The van der Waals surface area contributed by atoms with E-state index < -0.39 is 0 Å². The number of nitrogens with two attached hydrogens (primary N) is 1. The van der Waals surface area contributed by atoms with Gasteiger partial charge in [0.15, 0.2) is 0 Å². The minimum atomic E-state index is -0.196. The van der Waals surface area contributed by atoms with Gasteiger partial charge in [-0.2, -0.15) is 0 Å². The molecule has 1 aromatic rings. The number of nitrogens with one attached hydrogen (secondary N) is 1. The van der Waals surface area contributed by atoms with Crippen LogP contribution in [0.4, 0.5) is 0 Å². The van der Waals surface area contributed by atoms with Crippen LogP contribution in [0.15, 0.2) is 5.38 Å². The lowest BCUT2D eigenvalue weighted by molar-refractivity contribution is -0.132. The highest BCUT2D eigenvalue weighted by molar-refractivity contribution is 7.09. The van der Waals surface area contributed by atoms with Crippen LogP contribution in [0.5, 0.6) is 0 Å². The zero-order valence-corrected chi connectivity index (χ0v) is 11.0. The van der Waals surface area contributed by atoms with Crippen molar-refractivity contribution >= 4 is 23.2 Å². The molecule has 98 valence electrons. The third-order valence-corrected chi connectivity index (χ3v) is 3.79. The predicted molar refractivity (Wildman–Crippen MR) is 68.1 cm³/mol. The molecule has 0 aromatic carbocycles. The Balaban J connectivity index is 1.93. The molecule has 1 atom stereocenters. The summed E-state index contributed by atoms with van der Waals surface area (Å²) < 4.78 is 0. The van der Waals surface area contributed by atoms with Gasteiger partial charge in [-0.25, -0.2) is 4.98 Å². The van der Waals surface area contributed by atoms with E-state index in [0.29, 0.717) is 31.6 Å². The van der Waals surface area contributed by atoms with Crippen LogP contribution >= 0.6 is 11.3 Å². The summed E-state index contributed by atoms with van der Waals surface area (Å²) in [5.41, 5.74) is 5.86. The first-order valence-corrected chi connectivity index (χ1v) is 6.67. The maximum absolute atomic E-state index is 11.9. The van der Waals surface area contributed by atoms with E-state index in [4.69, 9.17) is 5.73 Å². The standard InChI is InChI=1S/C11H16N4O2S/c1-15-5-7(2-3-10(15)16)13-11(17)8-6-18-9(4-12)14-8/h6-7H,2-5,12H2,1H3,(H,13,17). The topological polar surface area (TPSA) is 88.3 Å². The summed E-state index contributed by atoms with van der Waals surface area (Å²) in [5.74, 6) is -0.0710. The van der Waals surface area contributed by atoms with E-state index in [9.17, 15) is 9.59 Å². The van der Waals surface area contributed by atoms with Crippen molar-refractivity contribution in [2.75, 3.05) is 13.6 Å². The average Bonchev–Trinajstić information content (AvgIpc) is 2.82. The smallest absolute Gasteiger partial charge is 0.271 e. The fourth-order valence-corrected chi connectivity index (χ4v) is 2.55. The van der Waals surface area contributed by atoms with Crippen LogP contribution in [0, 0.1) is 0 Å². The van der Waals surface area contributed by atoms with Gasteiger partial charge in [0.2, 0.25) is 5.91 Å². The summed E-state index contributed by atoms with van der Waals surface area (Å²) >= 11 is 1.38. The van der Waals surface area contributed by atoms with Crippen molar-refractivity contribution in [1.82, 2.24) is 15.2 Å². The molecular weight excluding hydrogens is 252 g/mol. The third-order valence-electron chi connectivity index (χ3n) is 2.92. The third kappa shape index (κ3) is 2.85. The zero-order valence-electron chi connectivity index (χ0n) is 10.2. The van der Waals surface area contributed by atoms with E-state index in [0.717, 1.165) is 5.01 Å². The van der Waals surface area contributed by atoms with Crippen LogP contribution in [-0.2, 0) is 11.3 Å². The fourth-order valence-electron chi connectivity index (χ4n) is 1.90. The van der Waals surface area contributed by atoms with Gasteiger partial charge in [-0.05, 0) is 6.42 Å². The Morgan fingerprint density at radius 3 is 3.11 bits per heavy atom. The van der Waals surface area contributed by atoms with Crippen LogP contribution < -0.4 is 11.1 Å². The number of piperidine rings is 1. The highest BCUT2D eigenvalue weighted by Crippen LogP contribution is 2.12. The highest BCUT2D eigenvalue weighted by atomic mass is 32.1. The van der Waals surface area contributed by atoms with E-state index in [1.165, 1.54) is 11.3 Å². The summed E-state index contributed by atoms with van der Waals surface area (Å²) in [7, 11) is 1.75. The molecule has 2 rings (SSSR count). The van der Waals surface area contributed by atoms with Crippen molar-refractivity contribution in [1.29, 1.82) is 0 Å². The summed E-state index contributed by atoms with van der Waals surface area (Å²) in [5, 5.41) is 5.34. The lowest BCUT2D eigenvalue weighted by atomic mass is 10.1. The normalized spacial score (nSPS) is 20.0. The lowest BCUT2D eigenvalue weighted by Crippen LogP contribution is -2.48. The number of carbonyl (C=O) groups excluding carboxylic acids is 2. The molecule has 1 unspecified atom stereocenters. The summed E-state index contributed by atoms with van der Waals surface area (Å²) in [6, 6.07) is 0.00299. The molecule has 0 spiro atoms. The van der Waals surface area contributed by atoms with Crippen molar-refractivity contribution in [3.63, 3.8) is 0 Å². The van der Waals surface area contributed by atoms with Crippen LogP contribution in [-0.4, -0.2) is 41.3 Å². The molecule has 1 aromatic heterocycles. The Hall–Kier alpha value is -1.47. The molecule has 2 amide bonds. The molecule has 1 saturated heterocycles. The Bertz CT molecular complexity index is 460. The van der Waals surface area contributed by atoms with Gasteiger partial charge in [0.05, 0.1) is 0 Å². The molecule has 1 fully saturated rings. The lowest BCUT2D eigenvalue weighted by Gasteiger charge is -2.29. The summed E-state index contributed by atoms with van der Waals surface area (Å²) in [6.07, 6.45) is 1.16. The number of nitrogens with zero attached hydrogens (tertiary/aromatic N) is 2. The van der Waals surface area contributed by atoms with E-state index in [1.807, 2.05) is 0 Å². The number of hydrogen-bond acceptors (Lipinski definition) is 5. The second kappa shape index (κ2) is 5.45. The first-order chi connectivity index (χ1) is 8.60. The summed E-state index contributed by atoms with van der Waals surface area (Å²) in [6.45, 7) is 0.900. The minimum absolute atomic E-state index is 0.00299. The van der Waals surface area contributed by atoms with Crippen molar-refractivity contribution in [2.45, 2.75) is 25.4 Å². The number of aromatic nitrogens is 1. The number of carbonyl (C=O) groups is 2. The van der Waals surface area contributed by atoms with Gasteiger partial charge >= 0.3 is 0 Å². The first kappa shape index (κ1) is 13.0. The maximum atomic E-state index is 11.9. The van der Waals surface area contributed by atoms with Crippen molar-refractivity contribution < 1.29 is 9.59 Å². The van der Waals surface area contributed by atoms with Crippen LogP contribution in [0.1, 0.15) is 28.3 Å².